The molecule has 1 heterocycles. The number of nitrogens with zero attached hydrogens (tertiary/aromatic N) is 1. The van der Waals surface area contributed by atoms with Crippen molar-refractivity contribution in [2.24, 2.45) is 0 Å². The number of hydrogen-bond donors (Lipinski definition) is 2. The second-order valence-electron chi connectivity index (χ2n) is 8.79. The second kappa shape index (κ2) is 11.1. The lowest BCUT2D eigenvalue weighted by Crippen LogP contribution is -2.37. The number of amides is 1. The van der Waals surface area contributed by atoms with Crippen LogP contribution in [0.25, 0.3) is 22.6 Å². The van der Waals surface area contributed by atoms with Crippen LogP contribution < -0.4 is 15.4 Å². The van der Waals surface area contributed by atoms with Crippen LogP contribution in [0.2, 0.25) is 5.02 Å². The van der Waals surface area contributed by atoms with Crippen LogP contribution in [-0.4, -0.2) is 22.6 Å². The first-order valence-corrected chi connectivity index (χ1v) is 12.5. The average Bonchev–Trinajstić information content (AvgIpc) is 3.29. The van der Waals surface area contributed by atoms with E-state index in [1.54, 1.807) is 12.1 Å². The summed E-state index contributed by atoms with van der Waals surface area (Å²) in [7, 11) is 0. The smallest absolute Gasteiger partial charge is 0.264 e. The van der Waals surface area contributed by atoms with Crippen LogP contribution in [0.3, 0.4) is 0 Å². The van der Waals surface area contributed by atoms with E-state index in [2.05, 4.69) is 41.6 Å². The van der Waals surface area contributed by atoms with Gasteiger partial charge in [0.05, 0.1) is 0 Å². The summed E-state index contributed by atoms with van der Waals surface area (Å²) in [5.74, 6) is 1.24. The van der Waals surface area contributed by atoms with Crippen LogP contribution in [-0.2, 0) is 4.79 Å². The van der Waals surface area contributed by atoms with Crippen LogP contribution in [0.4, 0.5) is 5.69 Å². The SMILES string of the molecule is CCC(C)c1ccc2oc(-c3ccc(NC(=S)NC(=O)COc4cc(C)c(Cl)c(C)c4)cc3)nc2c1. The normalized spacial score (nSPS) is 11.8. The van der Waals surface area contributed by atoms with Crippen molar-refractivity contribution in [1.82, 2.24) is 10.3 Å². The van der Waals surface area contributed by atoms with Gasteiger partial charge >= 0.3 is 0 Å². The number of halogens is 1. The van der Waals surface area contributed by atoms with Gasteiger partial charge in [0.2, 0.25) is 5.89 Å². The number of aryl methyl sites for hydroxylation is 2. The number of carbonyl (C=O) groups excluding carboxylic acids is 1. The molecule has 4 rings (SSSR count). The van der Waals surface area contributed by atoms with Gasteiger partial charge in [-0.2, -0.15) is 0 Å². The summed E-state index contributed by atoms with van der Waals surface area (Å²) in [4.78, 5) is 16.9. The molecule has 0 saturated heterocycles. The molecule has 1 aromatic heterocycles. The zero-order valence-corrected chi connectivity index (χ0v) is 22.2. The van der Waals surface area contributed by atoms with Gasteiger partial charge in [0, 0.05) is 16.3 Å². The lowest BCUT2D eigenvalue weighted by atomic mass is 9.98. The Kier molecular flexibility index (Phi) is 7.91. The van der Waals surface area contributed by atoms with Crippen molar-refractivity contribution in [3.63, 3.8) is 0 Å². The number of ether oxygens (including phenoxy) is 1. The Morgan fingerprint density at radius 1 is 1.11 bits per heavy atom. The zero-order chi connectivity index (χ0) is 25.8. The van der Waals surface area contributed by atoms with Crippen molar-refractivity contribution >= 4 is 51.6 Å². The fourth-order valence-electron chi connectivity index (χ4n) is 3.77. The monoisotopic (exact) mass is 521 g/mol. The number of nitrogens with one attached hydrogen (secondary N) is 2. The van der Waals surface area contributed by atoms with Crippen LogP contribution in [0.15, 0.2) is 59.0 Å². The molecular weight excluding hydrogens is 494 g/mol. The van der Waals surface area contributed by atoms with E-state index in [-0.39, 0.29) is 17.6 Å². The van der Waals surface area contributed by atoms with Crippen molar-refractivity contribution < 1.29 is 13.9 Å². The minimum atomic E-state index is -0.363. The van der Waals surface area contributed by atoms with E-state index in [1.165, 1.54) is 5.56 Å². The van der Waals surface area contributed by atoms with Crippen molar-refractivity contribution in [3.05, 3.63) is 76.3 Å². The quantitative estimate of drug-likeness (QED) is 0.251. The summed E-state index contributed by atoms with van der Waals surface area (Å²) in [6, 6.07) is 17.2. The third-order valence-electron chi connectivity index (χ3n) is 6.02. The van der Waals surface area contributed by atoms with Gasteiger partial charge in [-0.05, 0) is 104 Å². The second-order valence-corrected chi connectivity index (χ2v) is 9.58. The number of anilines is 1. The molecule has 8 heteroatoms. The summed E-state index contributed by atoms with van der Waals surface area (Å²) >= 11 is 11.4. The fraction of sp³-hybridized carbons (Fsp3) is 0.250. The highest BCUT2D eigenvalue weighted by Crippen LogP contribution is 2.29. The maximum atomic E-state index is 12.3. The minimum absolute atomic E-state index is 0.169. The Morgan fingerprint density at radius 2 is 1.81 bits per heavy atom. The molecule has 3 aromatic carbocycles. The lowest BCUT2D eigenvalue weighted by molar-refractivity contribution is -0.121. The van der Waals surface area contributed by atoms with Gasteiger partial charge in [0.25, 0.3) is 5.91 Å². The third kappa shape index (κ3) is 6.04. The zero-order valence-electron chi connectivity index (χ0n) is 20.6. The number of fused-ring (bicyclic) bond motifs is 1. The largest absolute Gasteiger partial charge is 0.484 e. The van der Waals surface area contributed by atoms with Crippen molar-refractivity contribution in [3.8, 4) is 17.2 Å². The number of aromatic nitrogens is 1. The standard InChI is InChI=1S/C28H28ClN3O3S/c1-5-16(2)20-8-11-24-23(14-20)31-27(35-24)19-6-9-21(10-7-19)30-28(36)32-25(33)15-34-22-12-17(3)26(29)18(4)13-22/h6-14,16H,5,15H2,1-4H3,(H2,30,32,33,36). The summed E-state index contributed by atoms with van der Waals surface area (Å²) in [6.07, 6.45) is 1.07. The van der Waals surface area contributed by atoms with Gasteiger partial charge in [-0.3, -0.25) is 10.1 Å². The van der Waals surface area contributed by atoms with Crippen molar-refractivity contribution in [2.75, 3.05) is 11.9 Å². The Hall–Kier alpha value is -3.42. The minimum Gasteiger partial charge on any atom is -0.484 e. The fourth-order valence-corrected chi connectivity index (χ4v) is 4.11. The molecule has 6 nitrogen and oxygen atoms in total. The molecule has 0 spiro atoms. The maximum Gasteiger partial charge on any atom is 0.264 e. The summed E-state index contributed by atoms with van der Waals surface area (Å²) in [6.45, 7) is 7.99. The van der Waals surface area contributed by atoms with E-state index in [0.29, 0.717) is 22.6 Å². The van der Waals surface area contributed by atoms with E-state index in [0.717, 1.165) is 39.9 Å². The molecule has 0 radical (unpaired) electrons. The molecule has 4 aromatic rings. The molecule has 1 amide bonds. The summed E-state index contributed by atoms with van der Waals surface area (Å²) in [5.41, 5.74) is 6.21. The van der Waals surface area contributed by atoms with Gasteiger partial charge < -0.3 is 14.5 Å². The van der Waals surface area contributed by atoms with Crippen molar-refractivity contribution in [1.29, 1.82) is 0 Å². The topological polar surface area (TPSA) is 76.4 Å². The van der Waals surface area contributed by atoms with Gasteiger partial charge in [-0.15, -0.1) is 0 Å². The molecule has 186 valence electrons. The number of thiocarbonyl (C=S) groups is 1. The number of hydrogen-bond acceptors (Lipinski definition) is 5. The molecule has 1 atom stereocenters. The highest BCUT2D eigenvalue weighted by Gasteiger charge is 2.12. The molecule has 0 aliphatic carbocycles. The predicted molar refractivity (Wildman–Crippen MR) is 149 cm³/mol. The average molecular weight is 522 g/mol. The molecule has 0 aliphatic rings. The Labute approximate surface area is 221 Å². The molecular formula is C28H28ClN3O3S. The van der Waals surface area contributed by atoms with E-state index >= 15 is 0 Å². The molecule has 1 unspecified atom stereocenters. The highest BCUT2D eigenvalue weighted by molar-refractivity contribution is 7.80. The summed E-state index contributed by atoms with van der Waals surface area (Å²) in [5, 5.41) is 6.50. The van der Waals surface area contributed by atoms with Crippen LogP contribution in [0.5, 0.6) is 5.75 Å². The first-order chi connectivity index (χ1) is 17.2. The molecule has 36 heavy (non-hydrogen) atoms. The lowest BCUT2D eigenvalue weighted by Gasteiger charge is -2.12. The van der Waals surface area contributed by atoms with Crippen LogP contribution in [0, 0.1) is 13.8 Å². The number of rotatable bonds is 7. The summed E-state index contributed by atoms with van der Waals surface area (Å²) < 4.78 is 11.5. The number of oxazole rings is 1. The van der Waals surface area contributed by atoms with Gasteiger partial charge in [0.15, 0.2) is 17.3 Å². The van der Waals surface area contributed by atoms with E-state index < -0.39 is 0 Å². The molecule has 2 N–H and O–H groups in total. The van der Waals surface area contributed by atoms with E-state index in [4.69, 9.17) is 33.0 Å². The number of carbonyl (C=O) groups is 1. The number of benzene rings is 3. The van der Waals surface area contributed by atoms with Gasteiger partial charge in [-0.25, -0.2) is 4.98 Å². The molecule has 0 bridgehead atoms. The van der Waals surface area contributed by atoms with Crippen LogP contribution >= 0.6 is 23.8 Å². The molecule has 0 aliphatic heterocycles. The van der Waals surface area contributed by atoms with E-state index in [9.17, 15) is 4.79 Å². The molecule has 0 fully saturated rings. The third-order valence-corrected chi connectivity index (χ3v) is 6.82. The maximum absolute atomic E-state index is 12.3. The van der Waals surface area contributed by atoms with Crippen LogP contribution in [0.1, 0.15) is 42.9 Å². The van der Waals surface area contributed by atoms with E-state index in [1.807, 2.05) is 44.2 Å². The first kappa shape index (κ1) is 25.7. The Balaban J connectivity index is 1.33. The van der Waals surface area contributed by atoms with Crippen molar-refractivity contribution in [2.45, 2.75) is 40.0 Å². The van der Waals surface area contributed by atoms with Gasteiger partial charge in [0.1, 0.15) is 11.3 Å². The predicted octanol–water partition coefficient (Wildman–Crippen LogP) is 7.17. The first-order valence-electron chi connectivity index (χ1n) is 11.7. The Bertz CT molecular complexity index is 1390. The van der Waals surface area contributed by atoms with Gasteiger partial charge in [-0.1, -0.05) is 31.5 Å². The highest BCUT2D eigenvalue weighted by atomic mass is 35.5. The molecule has 0 saturated carbocycles. The Morgan fingerprint density at radius 3 is 2.47 bits per heavy atom.